The number of ether oxygens (including phenoxy) is 1. The van der Waals surface area contributed by atoms with Crippen LogP contribution in [0.4, 0.5) is 17.1 Å². The Morgan fingerprint density at radius 1 is 0.829 bits per heavy atom. The number of methoxy groups -OCH3 is 1. The first-order valence-electron chi connectivity index (χ1n) is 15.0. The fraction of sp³-hybridized carbons (Fsp3) is 0.412. The highest BCUT2D eigenvalue weighted by molar-refractivity contribution is 6.06. The molecule has 1 aliphatic heterocycles. The summed E-state index contributed by atoms with van der Waals surface area (Å²) in [4.78, 5) is 31.0. The highest BCUT2D eigenvalue weighted by Crippen LogP contribution is 2.31. The van der Waals surface area contributed by atoms with Crippen molar-refractivity contribution >= 4 is 28.9 Å². The van der Waals surface area contributed by atoms with Crippen LogP contribution in [-0.4, -0.2) is 51.1 Å². The molecule has 2 aliphatic rings. The number of nitrogens with one attached hydrogen (secondary N) is 2. The first-order chi connectivity index (χ1) is 20.1. The van der Waals surface area contributed by atoms with E-state index >= 15 is 0 Å². The van der Waals surface area contributed by atoms with Crippen LogP contribution in [0.25, 0.3) is 0 Å². The minimum Gasteiger partial charge on any atom is -0.495 e. The number of nitrogens with zero attached hydrogens (tertiary/aromatic N) is 2. The predicted octanol–water partition coefficient (Wildman–Crippen LogP) is 6.29. The van der Waals surface area contributed by atoms with Crippen molar-refractivity contribution in [2.45, 2.75) is 57.9 Å². The Kier molecular flexibility index (Phi) is 9.44. The van der Waals surface area contributed by atoms with Crippen molar-refractivity contribution in [3.63, 3.8) is 0 Å². The molecule has 7 heteroatoms. The molecule has 1 saturated carbocycles. The molecule has 5 rings (SSSR count). The first kappa shape index (κ1) is 28.5. The summed E-state index contributed by atoms with van der Waals surface area (Å²) in [7, 11) is 1.70. The summed E-state index contributed by atoms with van der Waals surface area (Å²) in [6, 6.07) is 21.9. The summed E-state index contributed by atoms with van der Waals surface area (Å²) in [5.41, 5.74) is 5.07. The van der Waals surface area contributed by atoms with E-state index in [1.54, 1.807) is 7.11 Å². The van der Waals surface area contributed by atoms with Gasteiger partial charge in [0.1, 0.15) is 5.75 Å². The molecular formula is C34H42N4O3. The van der Waals surface area contributed by atoms with Gasteiger partial charge in [0.05, 0.1) is 18.4 Å². The van der Waals surface area contributed by atoms with Gasteiger partial charge in [-0.05, 0) is 73.7 Å². The molecule has 0 radical (unpaired) electrons. The Morgan fingerprint density at radius 3 is 2.22 bits per heavy atom. The molecule has 1 aliphatic carbocycles. The van der Waals surface area contributed by atoms with E-state index in [1.165, 1.54) is 31.2 Å². The lowest BCUT2D eigenvalue weighted by Crippen LogP contribution is -2.47. The number of unbranched alkanes of at least 4 members (excludes halogenated alkanes) is 3. The summed E-state index contributed by atoms with van der Waals surface area (Å²) in [6.45, 7) is 5.40. The fourth-order valence-electron chi connectivity index (χ4n) is 5.42. The Bertz CT molecular complexity index is 1330. The van der Waals surface area contributed by atoms with Crippen LogP contribution in [0.2, 0.25) is 0 Å². The number of benzene rings is 3. The maximum atomic E-state index is 13.3. The topological polar surface area (TPSA) is 73.9 Å². The average Bonchev–Trinajstić information content (AvgIpc) is 3.83. The second-order valence-corrected chi connectivity index (χ2v) is 11.1. The third kappa shape index (κ3) is 7.40. The van der Waals surface area contributed by atoms with E-state index in [0.717, 1.165) is 62.6 Å². The van der Waals surface area contributed by atoms with E-state index in [-0.39, 0.29) is 17.9 Å². The maximum absolute atomic E-state index is 13.3. The second-order valence-electron chi connectivity index (χ2n) is 11.1. The molecule has 0 atom stereocenters. The smallest absolute Gasteiger partial charge is 0.255 e. The lowest BCUT2D eigenvalue weighted by molar-refractivity contribution is 0.0950. The molecule has 2 N–H and O–H groups in total. The number of hydrogen-bond acceptors (Lipinski definition) is 5. The molecule has 3 aromatic rings. The third-order valence-electron chi connectivity index (χ3n) is 7.99. The van der Waals surface area contributed by atoms with E-state index in [9.17, 15) is 9.59 Å². The number of anilines is 3. The van der Waals surface area contributed by atoms with Gasteiger partial charge in [0.2, 0.25) is 0 Å². The summed E-state index contributed by atoms with van der Waals surface area (Å²) in [5.74, 6) is 0.611. The van der Waals surface area contributed by atoms with Gasteiger partial charge in [-0.2, -0.15) is 0 Å². The molecular weight excluding hydrogens is 512 g/mol. The molecule has 2 amide bonds. The van der Waals surface area contributed by atoms with Gasteiger partial charge >= 0.3 is 0 Å². The predicted molar refractivity (Wildman–Crippen MR) is 167 cm³/mol. The monoisotopic (exact) mass is 554 g/mol. The highest BCUT2D eigenvalue weighted by Gasteiger charge is 2.28. The summed E-state index contributed by atoms with van der Waals surface area (Å²) in [6.07, 6.45) is 7.97. The van der Waals surface area contributed by atoms with Crippen LogP contribution in [0, 0.1) is 0 Å². The molecule has 3 aromatic carbocycles. The van der Waals surface area contributed by atoms with Crippen LogP contribution in [0.3, 0.4) is 0 Å². The van der Waals surface area contributed by atoms with Gasteiger partial charge in [0.15, 0.2) is 0 Å². The summed E-state index contributed by atoms with van der Waals surface area (Å²) >= 11 is 0. The van der Waals surface area contributed by atoms with Crippen LogP contribution in [0.1, 0.15) is 71.7 Å². The number of rotatable bonds is 12. The first-order valence-corrected chi connectivity index (χ1v) is 15.0. The van der Waals surface area contributed by atoms with Gasteiger partial charge in [0.25, 0.3) is 11.8 Å². The Balaban J connectivity index is 1.27. The normalized spacial score (nSPS) is 15.0. The van der Waals surface area contributed by atoms with Gasteiger partial charge in [0, 0.05) is 49.2 Å². The largest absolute Gasteiger partial charge is 0.495 e. The molecule has 1 saturated heterocycles. The van der Waals surface area contributed by atoms with E-state index in [0.29, 0.717) is 16.8 Å². The van der Waals surface area contributed by atoms with Crippen LogP contribution in [0.15, 0.2) is 66.7 Å². The third-order valence-corrected chi connectivity index (χ3v) is 7.99. The molecule has 0 spiro atoms. The number of carbonyl (C=O) groups is 2. The zero-order valence-corrected chi connectivity index (χ0v) is 24.3. The van der Waals surface area contributed by atoms with Gasteiger partial charge in [-0.3, -0.25) is 9.59 Å². The van der Waals surface area contributed by atoms with Crippen LogP contribution < -0.4 is 25.2 Å². The van der Waals surface area contributed by atoms with E-state index in [4.69, 9.17) is 4.74 Å². The minimum absolute atomic E-state index is 0.0850. The number of aryl methyl sites for hydroxylation is 1. The van der Waals surface area contributed by atoms with Crippen molar-refractivity contribution in [3.05, 3.63) is 83.4 Å². The quantitative estimate of drug-likeness (QED) is 0.258. The van der Waals surface area contributed by atoms with Crippen molar-refractivity contribution in [1.82, 2.24) is 5.32 Å². The minimum atomic E-state index is -0.172. The van der Waals surface area contributed by atoms with Crippen molar-refractivity contribution in [3.8, 4) is 5.75 Å². The molecule has 0 bridgehead atoms. The van der Waals surface area contributed by atoms with Crippen molar-refractivity contribution < 1.29 is 14.3 Å². The van der Waals surface area contributed by atoms with Crippen LogP contribution in [-0.2, 0) is 6.42 Å². The zero-order chi connectivity index (χ0) is 28.6. The van der Waals surface area contributed by atoms with Crippen molar-refractivity contribution in [2.24, 2.45) is 0 Å². The lowest BCUT2D eigenvalue weighted by Gasteiger charge is -2.38. The molecule has 0 unspecified atom stereocenters. The zero-order valence-electron chi connectivity index (χ0n) is 24.3. The van der Waals surface area contributed by atoms with E-state index < -0.39 is 0 Å². The summed E-state index contributed by atoms with van der Waals surface area (Å²) in [5, 5.41) is 6.15. The molecule has 41 heavy (non-hydrogen) atoms. The Morgan fingerprint density at radius 2 is 1.54 bits per heavy atom. The second kappa shape index (κ2) is 13.6. The molecule has 7 nitrogen and oxygen atoms in total. The standard InChI is InChI=1S/C34H42N4O3/c1-3-4-5-6-9-25-12-14-26(15-13-25)33(39)36-28-18-19-30(29(24-28)34(40)35-27-16-17-27)37-20-22-38(23-21-37)31-10-7-8-11-32(31)41-2/h7-8,10-15,18-19,24,27H,3-6,9,16-17,20-23H2,1-2H3,(H,35,40)(H,36,39). The van der Waals surface area contributed by atoms with Gasteiger partial charge < -0.3 is 25.2 Å². The van der Waals surface area contributed by atoms with E-state index in [1.807, 2.05) is 60.7 Å². The average molecular weight is 555 g/mol. The Hall–Kier alpha value is -4.00. The SMILES string of the molecule is CCCCCCc1ccc(C(=O)Nc2ccc(N3CCN(c4ccccc4OC)CC3)c(C(=O)NC3CC3)c2)cc1. The fourth-order valence-corrected chi connectivity index (χ4v) is 5.42. The lowest BCUT2D eigenvalue weighted by atomic mass is 10.0. The summed E-state index contributed by atoms with van der Waals surface area (Å²) < 4.78 is 5.57. The van der Waals surface area contributed by atoms with Gasteiger partial charge in [-0.25, -0.2) is 0 Å². The van der Waals surface area contributed by atoms with E-state index in [2.05, 4.69) is 33.4 Å². The van der Waals surface area contributed by atoms with Crippen LogP contribution in [0.5, 0.6) is 5.75 Å². The molecule has 0 aromatic heterocycles. The molecule has 216 valence electrons. The van der Waals surface area contributed by atoms with Crippen molar-refractivity contribution in [2.75, 3.05) is 48.4 Å². The number of para-hydroxylation sites is 2. The Labute approximate surface area is 243 Å². The maximum Gasteiger partial charge on any atom is 0.255 e. The van der Waals surface area contributed by atoms with Crippen molar-refractivity contribution in [1.29, 1.82) is 0 Å². The van der Waals surface area contributed by atoms with Gasteiger partial charge in [-0.1, -0.05) is 50.5 Å². The highest BCUT2D eigenvalue weighted by atomic mass is 16.5. The van der Waals surface area contributed by atoms with Crippen LogP contribution >= 0.6 is 0 Å². The molecule has 1 heterocycles. The van der Waals surface area contributed by atoms with Gasteiger partial charge in [-0.15, -0.1) is 0 Å². The number of carbonyl (C=O) groups excluding carboxylic acids is 2. The number of piperazine rings is 1. The number of amides is 2. The molecule has 2 fully saturated rings. The number of hydrogen-bond donors (Lipinski definition) is 2.